The van der Waals surface area contributed by atoms with Crippen LogP contribution in [0.3, 0.4) is 0 Å². The third-order valence-electron chi connectivity index (χ3n) is 2.53. The lowest BCUT2D eigenvalue weighted by Crippen LogP contribution is -2.08. The van der Waals surface area contributed by atoms with Gasteiger partial charge in [0.15, 0.2) is 11.2 Å². The van der Waals surface area contributed by atoms with Crippen LogP contribution in [0.2, 0.25) is 0 Å². The van der Waals surface area contributed by atoms with Gasteiger partial charge in [-0.2, -0.15) is 0 Å². The summed E-state index contributed by atoms with van der Waals surface area (Å²) in [6.45, 7) is 0.310. The molecular formula is C11H8FN5O. The van der Waals surface area contributed by atoms with Crippen molar-refractivity contribution in [2.45, 2.75) is 6.54 Å². The molecule has 90 valence electrons. The van der Waals surface area contributed by atoms with Gasteiger partial charge in [-0.3, -0.25) is 4.79 Å². The average Bonchev–Trinajstić information content (AvgIpc) is 2.74. The minimum absolute atomic E-state index is 0.175. The van der Waals surface area contributed by atoms with E-state index in [1.807, 2.05) is 0 Å². The predicted octanol–water partition coefficient (Wildman–Crippen LogP) is 0.702. The number of fused-ring (bicyclic) bond motifs is 1. The molecule has 18 heavy (non-hydrogen) atoms. The van der Waals surface area contributed by atoms with Crippen molar-refractivity contribution >= 4 is 11.2 Å². The summed E-state index contributed by atoms with van der Waals surface area (Å²) in [5.74, 6) is -0.317. The Hall–Kier alpha value is -2.57. The lowest BCUT2D eigenvalue weighted by molar-refractivity contribution is 0.617. The van der Waals surface area contributed by atoms with E-state index in [-0.39, 0.29) is 16.9 Å². The van der Waals surface area contributed by atoms with Crippen LogP contribution in [0.15, 0.2) is 35.4 Å². The fourth-order valence-corrected chi connectivity index (χ4v) is 1.72. The fraction of sp³-hybridized carbons (Fsp3) is 0.0909. The molecule has 0 amide bonds. The Morgan fingerprint density at radius 1 is 1.39 bits per heavy atom. The number of hydrogen-bond acceptors (Lipinski definition) is 4. The number of nitrogens with zero attached hydrogens (tertiary/aromatic N) is 4. The average molecular weight is 245 g/mol. The topological polar surface area (TPSA) is 76.5 Å². The summed E-state index contributed by atoms with van der Waals surface area (Å²) in [5, 5.41) is 7.59. The summed E-state index contributed by atoms with van der Waals surface area (Å²) in [6.07, 6.45) is 1.29. The Morgan fingerprint density at radius 2 is 2.28 bits per heavy atom. The Morgan fingerprint density at radius 3 is 3.11 bits per heavy atom. The van der Waals surface area contributed by atoms with E-state index in [2.05, 4.69) is 20.3 Å². The van der Waals surface area contributed by atoms with E-state index >= 15 is 0 Å². The minimum atomic E-state index is -0.342. The van der Waals surface area contributed by atoms with Gasteiger partial charge in [0.25, 0.3) is 5.56 Å². The third-order valence-corrected chi connectivity index (χ3v) is 2.53. The first kappa shape index (κ1) is 10.6. The smallest absolute Gasteiger partial charge is 0.280 e. The van der Waals surface area contributed by atoms with E-state index in [1.54, 1.807) is 12.1 Å². The maximum absolute atomic E-state index is 13.1. The molecule has 7 heteroatoms. The summed E-state index contributed by atoms with van der Waals surface area (Å²) >= 11 is 0. The van der Waals surface area contributed by atoms with Crippen LogP contribution in [-0.2, 0) is 6.54 Å². The van der Waals surface area contributed by atoms with Crippen molar-refractivity contribution in [3.8, 4) is 0 Å². The van der Waals surface area contributed by atoms with Crippen LogP contribution in [0.4, 0.5) is 4.39 Å². The second-order valence-electron chi connectivity index (χ2n) is 3.78. The molecule has 3 rings (SSSR count). The number of nitrogens with one attached hydrogen (secondary N) is 1. The molecule has 0 aliphatic heterocycles. The van der Waals surface area contributed by atoms with Gasteiger partial charge in [-0.05, 0) is 17.7 Å². The number of hydrogen-bond donors (Lipinski definition) is 1. The van der Waals surface area contributed by atoms with Crippen molar-refractivity contribution in [1.29, 1.82) is 0 Å². The molecule has 0 saturated carbocycles. The monoisotopic (exact) mass is 245 g/mol. The fourth-order valence-electron chi connectivity index (χ4n) is 1.72. The number of aromatic amines is 1. The second kappa shape index (κ2) is 4.02. The summed E-state index contributed by atoms with van der Waals surface area (Å²) < 4.78 is 14.5. The van der Waals surface area contributed by atoms with Crippen molar-refractivity contribution < 1.29 is 4.39 Å². The zero-order valence-corrected chi connectivity index (χ0v) is 9.17. The Labute approximate surface area is 100 Å². The third kappa shape index (κ3) is 1.75. The quantitative estimate of drug-likeness (QED) is 0.721. The molecule has 0 aliphatic carbocycles. The van der Waals surface area contributed by atoms with Crippen molar-refractivity contribution in [3.63, 3.8) is 0 Å². The van der Waals surface area contributed by atoms with Crippen LogP contribution in [0.25, 0.3) is 11.2 Å². The highest BCUT2D eigenvalue weighted by Crippen LogP contribution is 2.08. The van der Waals surface area contributed by atoms with E-state index in [0.29, 0.717) is 12.2 Å². The second-order valence-corrected chi connectivity index (χ2v) is 3.78. The number of halogens is 1. The van der Waals surface area contributed by atoms with Gasteiger partial charge >= 0.3 is 0 Å². The lowest BCUT2D eigenvalue weighted by atomic mass is 10.2. The molecule has 0 spiro atoms. The van der Waals surface area contributed by atoms with Gasteiger partial charge < -0.3 is 4.98 Å². The zero-order chi connectivity index (χ0) is 12.5. The van der Waals surface area contributed by atoms with E-state index in [0.717, 1.165) is 5.56 Å². The van der Waals surface area contributed by atoms with Gasteiger partial charge in [0.05, 0.1) is 12.9 Å². The van der Waals surface area contributed by atoms with Gasteiger partial charge in [0, 0.05) is 0 Å². The number of aromatic nitrogens is 5. The minimum Gasteiger partial charge on any atom is -0.311 e. The summed E-state index contributed by atoms with van der Waals surface area (Å²) in [6, 6.07) is 6.15. The first-order valence-corrected chi connectivity index (χ1v) is 5.25. The van der Waals surface area contributed by atoms with Crippen LogP contribution in [0.1, 0.15) is 5.56 Å². The summed E-state index contributed by atoms with van der Waals surface area (Å²) in [4.78, 5) is 17.9. The predicted molar refractivity (Wildman–Crippen MR) is 61.4 cm³/mol. The van der Waals surface area contributed by atoms with E-state index in [1.165, 1.54) is 23.1 Å². The SMILES string of the molecule is O=c1[nH]cnc2c1nnn2Cc1cccc(F)c1. The molecule has 0 unspecified atom stereocenters. The maximum atomic E-state index is 13.1. The molecular weight excluding hydrogens is 237 g/mol. The molecule has 0 bridgehead atoms. The van der Waals surface area contributed by atoms with Crippen molar-refractivity contribution in [2.24, 2.45) is 0 Å². The first-order chi connectivity index (χ1) is 8.74. The van der Waals surface area contributed by atoms with Crippen LogP contribution >= 0.6 is 0 Å². The Bertz CT molecular complexity index is 763. The highest BCUT2D eigenvalue weighted by atomic mass is 19.1. The zero-order valence-electron chi connectivity index (χ0n) is 9.17. The van der Waals surface area contributed by atoms with Gasteiger partial charge in [0.1, 0.15) is 5.82 Å². The van der Waals surface area contributed by atoms with Crippen molar-refractivity contribution in [2.75, 3.05) is 0 Å². The molecule has 2 heterocycles. The maximum Gasteiger partial charge on any atom is 0.280 e. The van der Waals surface area contributed by atoms with Crippen LogP contribution in [0.5, 0.6) is 0 Å². The van der Waals surface area contributed by atoms with E-state index in [4.69, 9.17) is 0 Å². The molecule has 0 saturated heterocycles. The molecule has 0 atom stereocenters. The summed E-state index contributed by atoms with van der Waals surface area (Å²) in [5.41, 5.74) is 0.936. The number of benzene rings is 1. The van der Waals surface area contributed by atoms with Crippen molar-refractivity contribution in [1.82, 2.24) is 25.0 Å². The first-order valence-electron chi connectivity index (χ1n) is 5.25. The highest BCUT2D eigenvalue weighted by molar-refractivity contribution is 5.67. The largest absolute Gasteiger partial charge is 0.311 e. The normalized spacial score (nSPS) is 10.9. The molecule has 2 aromatic heterocycles. The van der Waals surface area contributed by atoms with E-state index in [9.17, 15) is 9.18 Å². The van der Waals surface area contributed by atoms with Crippen molar-refractivity contribution in [3.05, 3.63) is 52.3 Å². The van der Waals surface area contributed by atoms with Gasteiger partial charge in [0.2, 0.25) is 0 Å². The number of H-pyrrole nitrogens is 1. The molecule has 3 aromatic rings. The molecule has 0 radical (unpaired) electrons. The molecule has 1 aromatic carbocycles. The van der Waals surface area contributed by atoms with E-state index < -0.39 is 0 Å². The van der Waals surface area contributed by atoms with Crippen LogP contribution < -0.4 is 5.56 Å². The lowest BCUT2D eigenvalue weighted by Gasteiger charge is -2.01. The van der Waals surface area contributed by atoms with Crippen LogP contribution in [0, 0.1) is 5.82 Å². The molecule has 6 nitrogen and oxygen atoms in total. The Balaban J connectivity index is 2.06. The highest BCUT2D eigenvalue weighted by Gasteiger charge is 2.09. The van der Waals surface area contributed by atoms with Gasteiger partial charge in [-0.25, -0.2) is 14.1 Å². The van der Waals surface area contributed by atoms with Gasteiger partial charge in [-0.1, -0.05) is 17.3 Å². The molecule has 0 aliphatic rings. The number of rotatable bonds is 2. The van der Waals surface area contributed by atoms with Gasteiger partial charge in [-0.15, -0.1) is 5.10 Å². The standard InChI is InChI=1S/C11H8FN5O/c12-8-3-1-2-7(4-8)5-17-10-9(15-16-17)11(18)14-6-13-10/h1-4,6H,5H2,(H,13,14,18). The van der Waals surface area contributed by atoms with Crippen LogP contribution in [-0.4, -0.2) is 25.0 Å². The summed E-state index contributed by atoms with van der Waals surface area (Å²) in [7, 11) is 0. The molecule has 1 N–H and O–H groups in total. The molecule has 0 fully saturated rings. The Kier molecular flexibility index (Phi) is 2.36.